The predicted molar refractivity (Wildman–Crippen MR) is 114 cm³/mol. The standard InChI is InChI=1S/C22H34OSi2/c1-21(2,3)24(6,7)11-10-18-19-15-23-14-17(19)12-16-13-22(4,5)25(8,9)20(16)18/h12H,13-15H2,1-9H3. The zero-order valence-corrected chi connectivity index (χ0v) is 19.6. The summed E-state index contributed by atoms with van der Waals surface area (Å²) < 4.78 is 5.81. The van der Waals surface area contributed by atoms with Gasteiger partial charge in [0, 0.05) is 5.56 Å². The maximum Gasteiger partial charge on any atom is 0.138 e. The highest BCUT2D eigenvalue weighted by Gasteiger charge is 2.49. The maximum absolute atomic E-state index is 5.81. The summed E-state index contributed by atoms with van der Waals surface area (Å²) in [5.41, 5.74) is 9.50. The zero-order chi connectivity index (χ0) is 18.8. The smallest absolute Gasteiger partial charge is 0.138 e. The Morgan fingerprint density at radius 1 is 1.12 bits per heavy atom. The van der Waals surface area contributed by atoms with Gasteiger partial charge in [-0.2, -0.15) is 0 Å². The fraction of sp³-hybridized carbons (Fsp3) is 0.636. The van der Waals surface area contributed by atoms with E-state index in [0.29, 0.717) is 10.1 Å². The van der Waals surface area contributed by atoms with Gasteiger partial charge in [0.25, 0.3) is 0 Å². The minimum Gasteiger partial charge on any atom is -0.372 e. The lowest BCUT2D eigenvalue weighted by Gasteiger charge is -2.34. The Hall–Kier alpha value is -0.826. The molecule has 3 rings (SSSR count). The summed E-state index contributed by atoms with van der Waals surface area (Å²) in [5, 5.41) is 2.33. The van der Waals surface area contributed by atoms with Gasteiger partial charge in [-0.25, -0.2) is 0 Å². The van der Waals surface area contributed by atoms with Crippen molar-refractivity contribution in [2.45, 2.75) is 90.5 Å². The summed E-state index contributed by atoms with van der Waals surface area (Å²) in [7, 11) is -3.18. The molecule has 0 atom stereocenters. The van der Waals surface area contributed by atoms with Crippen molar-refractivity contribution < 1.29 is 4.74 Å². The first-order valence-corrected chi connectivity index (χ1v) is 15.6. The number of fused-ring (bicyclic) bond motifs is 2. The molecule has 0 unspecified atom stereocenters. The van der Waals surface area contributed by atoms with Crippen LogP contribution in [0.15, 0.2) is 6.07 Å². The van der Waals surface area contributed by atoms with Crippen molar-refractivity contribution in [2.75, 3.05) is 0 Å². The van der Waals surface area contributed by atoms with E-state index in [1.54, 1.807) is 10.8 Å². The molecule has 0 saturated carbocycles. The molecule has 3 heteroatoms. The van der Waals surface area contributed by atoms with Crippen molar-refractivity contribution in [3.05, 3.63) is 28.3 Å². The normalized spacial score (nSPS) is 20.7. The van der Waals surface area contributed by atoms with Crippen LogP contribution >= 0.6 is 0 Å². The molecule has 0 aromatic heterocycles. The lowest BCUT2D eigenvalue weighted by atomic mass is 9.95. The number of hydrogen-bond donors (Lipinski definition) is 0. The van der Waals surface area contributed by atoms with E-state index in [0.717, 1.165) is 13.2 Å². The maximum atomic E-state index is 5.81. The van der Waals surface area contributed by atoms with Crippen LogP contribution in [-0.4, -0.2) is 16.1 Å². The largest absolute Gasteiger partial charge is 0.372 e. The molecule has 0 N–H and O–H groups in total. The van der Waals surface area contributed by atoms with Crippen molar-refractivity contribution in [3.8, 4) is 11.5 Å². The Morgan fingerprint density at radius 2 is 1.76 bits per heavy atom. The van der Waals surface area contributed by atoms with Gasteiger partial charge < -0.3 is 4.74 Å². The lowest BCUT2D eigenvalue weighted by molar-refractivity contribution is 0.134. The lowest BCUT2D eigenvalue weighted by Crippen LogP contribution is -2.48. The zero-order valence-electron chi connectivity index (χ0n) is 17.6. The molecule has 0 amide bonds. The molecule has 2 aliphatic rings. The quantitative estimate of drug-likeness (QED) is 0.441. The molecule has 0 fully saturated rings. The van der Waals surface area contributed by atoms with E-state index in [1.165, 1.54) is 23.1 Å². The summed E-state index contributed by atoms with van der Waals surface area (Å²) in [4.78, 5) is 0. The van der Waals surface area contributed by atoms with Gasteiger partial charge in [0.1, 0.15) is 8.07 Å². The van der Waals surface area contributed by atoms with E-state index in [1.807, 2.05) is 0 Å². The molecule has 0 spiro atoms. The third-order valence-corrected chi connectivity index (χ3v) is 17.3. The molecule has 0 radical (unpaired) electrons. The Kier molecular flexibility index (Phi) is 4.23. The average Bonchev–Trinajstić information content (AvgIpc) is 2.96. The van der Waals surface area contributed by atoms with Gasteiger partial charge >= 0.3 is 0 Å². The minimum absolute atomic E-state index is 0.295. The second kappa shape index (κ2) is 5.58. The molecule has 0 saturated heterocycles. The second-order valence-electron chi connectivity index (χ2n) is 10.7. The molecule has 1 aromatic rings. The van der Waals surface area contributed by atoms with Gasteiger partial charge in [-0.1, -0.05) is 72.8 Å². The van der Waals surface area contributed by atoms with Crippen LogP contribution in [-0.2, 0) is 24.4 Å². The van der Waals surface area contributed by atoms with Crippen molar-refractivity contribution >= 4 is 21.3 Å². The Bertz CT molecular complexity index is 783. The molecular weight excluding hydrogens is 336 g/mol. The summed E-state index contributed by atoms with van der Waals surface area (Å²) in [6.45, 7) is 23.4. The Morgan fingerprint density at radius 3 is 2.36 bits per heavy atom. The van der Waals surface area contributed by atoms with Gasteiger partial charge in [0.05, 0.1) is 21.3 Å². The van der Waals surface area contributed by atoms with E-state index in [9.17, 15) is 0 Å². The van der Waals surface area contributed by atoms with Gasteiger partial charge in [-0.3, -0.25) is 0 Å². The van der Waals surface area contributed by atoms with Gasteiger partial charge in [-0.05, 0) is 38.4 Å². The summed E-state index contributed by atoms with van der Waals surface area (Å²) in [5.74, 6) is 3.75. The highest BCUT2D eigenvalue weighted by Crippen LogP contribution is 2.47. The van der Waals surface area contributed by atoms with Crippen LogP contribution in [0.25, 0.3) is 0 Å². The van der Waals surface area contributed by atoms with E-state index < -0.39 is 16.1 Å². The first-order chi connectivity index (χ1) is 11.3. The summed E-state index contributed by atoms with van der Waals surface area (Å²) in [6.07, 6.45) is 1.20. The van der Waals surface area contributed by atoms with Crippen LogP contribution in [0.1, 0.15) is 56.9 Å². The van der Waals surface area contributed by atoms with Crippen LogP contribution in [0.2, 0.25) is 36.3 Å². The van der Waals surface area contributed by atoms with E-state index >= 15 is 0 Å². The number of rotatable bonds is 0. The van der Waals surface area contributed by atoms with E-state index in [-0.39, 0.29) is 0 Å². The van der Waals surface area contributed by atoms with E-state index in [4.69, 9.17) is 4.74 Å². The molecule has 1 nitrogen and oxygen atoms in total. The van der Waals surface area contributed by atoms with Crippen LogP contribution in [0.4, 0.5) is 0 Å². The average molecular weight is 371 g/mol. The van der Waals surface area contributed by atoms with Crippen molar-refractivity contribution in [2.24, 2.45) is 0 Å². The highest BCUT2D eigenvalue weighted by atomic mass is 28.3. The Balaban J connectivity index is 2.23. The van der Waals surface area contributed by atoms with Crippen LogP contribution < -0.4 is 5.19 Å². The SMILES string of the molecule is CC(C)(C)[Si](C)(C)C#Cc1c2c(cc3c1[Si](C)(C)C(C)(C)C3)COC2. The number of ether oxygens (including phenoxy) is 1. The molecule has 0 bridgehead atoms. The fourth-order valence-corrected chi connectivity index (χ4v) is 7.75. The third kappa shape index (κ3) is 2.87. The minimum atomic E-state index is -1.62. The topological polar surface area (TPSA) is 9.23 Å². The fourth-order valence-electron chi connectivity index (χ4n) is 3.83. The van der Waals surface area contributed by atoms with Crippen molar-refractivity contribution in [1.82, 2.24) is 0 Å². The highest BCUT2D eigenvalue weighted by molar-refractivity contribution is 6.94. The van der Waals surface area contributed by atoms with Crippen molar-refractivity contribution in [1.29, 1.82) is 0 Å². The number of benzene rings is 1. The van der Waals surface area contributed by atoms with Gasteiger partial charge in [0.15, 0.2) is 0 Å². The van der Waals surface area contributed by atoms with Crippen molar-refractivity contribution in [3.63, 3.8) is 0 Å². The van der Waals surface area contributed by atoms with Crippen LogP contribution in [0.3, 0.4) is 0 Å². The van der Waals surface area contributed by atoms with E-state index in [2.05, 4.69) is 78.3 Å². The molecule has 136 valence electrons. The number of hydrogen-bond acceptors (Lipinski definition) is 1. The molecule has 2 aliphatic heterocycles. The molecule has 1 aromatic carbocycles. The molecule has 0 aliphatic carbocycles. The molecule has 2 heterocycles. The molecule has 25 heavy (non-hydrogen) atoms. The second-order valence-corrected chi connectivity index (χ2v) is 20.8. The van der Waals surface area contributed by atoms with Gasteiger partial charge in [-0.15, -0.1) is 5.54 Å². The summed E-state index contributed by atoms with van der Waals surface area (Å²) in [6, 6.07) is 2.44. The Labute approximate surface area is 156 Å². The summed E-state index contributed by atoms with van der Waals surface area (Å²) >= 11 is 0. The van der Waals surface area contributed by atoms with Crippen LogP contribution in [0.5, 0.6) is 0 Å². The predicted octanol–water partition coefficient (Wildman–Crippen LogP) is 5.37. The molecular formula is C22H34OSi2. The van der Waals surface area contributed by atoms with Gasteiger partial charge in [0.2, 0.25) is 0 Å². The van der Waals surface area contributed by atoms with Crippen LogP contribution in [0, 0.1) is 11.5 Å². The monoisotopic (exact) mass is 370 g/mol. The first kappa shape index (κ1) is 18.9. The third-order valence-electron chi connectivity index (χ3n) is 7.44. The first-order valence-electron chi connectivity index (χ1n) is 9.57.